The molecule has 0 saturated carbocycles. The highest BCUT2D eigenvalue weighted by atomic mass is 35.5. The van der Waals surface area contributed by atoms with Gasteiger partial charge in [-0.25, -0.2) is 4.98 Å². The van der Waals surface area contributed by atoms with Gasteiger partial charge in [-0.3, -0.25) is 4.98 Å². The van der Waals surface area contributed by atoms with Gasteiger partial charge in [0, 0.05) is 11.8 Å². The number of nitrogens with zero attached hydrogens (tertiary/aromatic N) is 3. The zero-order valence-electron chi connectivity index (χ0n) is 13.2. The normalized spacial score (nSPS) is 10.2. The molecule has 118 valence electrons. The largest absolute Gasteiger partial charge is 0.480 e. The van der Waals surface area contributed by atoms with E-state index in [9.17, 15) is 5.26 Å². The van der Waals surface area contributed by atoms with Crippen LogP contribution in [0.1, 0.15) is 11.1 Å². The Morgan fingerprint density at radius 3 is 2.54 bits per heavy atom. The first-order chi connectivity index (χ1) is 11.6. The fraction of sp³-hybridized carbons (Fsp3) is 0.105. The minimum atomic E-state index is 0.257. The molecule has 0 N–H and O–H groups in total. The molecule has 0 atom stereocenters. The van der Waals surface area contributed by atoms with E-state index in [2.05, 4.69) is 16.0 Å². The van der Waals surface area contributed by atoms with Crippen molar-refractivity contribution in [2.24, 2.45) is 0 Å². The fourth-order valence-corrected chi connectivity index (χ4v) is 2.65. The maximum absolute atomic E-state index is 9.55. The highest BCUT2D eigenvalue weighted by Gasteiger charge is 2.17. The van der Waals surface area contributed by atoms with Crippen LogP contribution in [0.4, 0.5) is 0 Å². The highest BCUT2D eigenvalue weighted by Crippen LogP contribution is 2.34. The van der Waals surface area contributed by atoms with Crippen molar-refractivity contribution >= 4 is 11.6 Å². The SMILES string of the molecule is COc1nc(-c2ncccc2Cl)cc(-c2ccc(C)cc2)c1C#N. The number of hydrogen-bond acceptors (Lipinski definition) is 4. The van der Waals surface area contributed by atoms with Gasteiger partial charge < -0.3 is 4.74 Å². The van der Waals surface area contributed by atoms with Gasteiger partial charge in [0.05, 0.1) is 17.8 Å². The molecule has 0 aliphatic heterocycles. The summed E-state index contributed by atoms with van der Waals surface area (Å²) in [6.45, 7) is 2.02. The van der Waals surface area contributed by atoms with E-state index in [-0.39, 0.29) is 5.88 Å². The summed E-state index contributed by atoms with van der Waals surface area (Å²) in [6, 6.07) is 15.4. The minimum absolute atomic E-state index is 0.257. The summed E-state index contributed by atoms with van der Waals surface area (Å²) < 4.78 is 5.32. The lowest BCUT2D eigenvalue weighted by atomic mass is 9.99. The van der Waals surface area contributed by atoms with Gasteiger partial charge in [0.25, 0.3) is 0 Å². The maximum atomic E-state index is 9.55. The van der Waals surface area contributed by atoms with Gasteiger partial charge in [-0.1, -0.05) is 41.4 Å². The van der Waals surface area contributed by atoms with E-state index >= 15 is 0 Å². The quantitative estimate of drug-likeness (QED) is 0.698. The Kier molecular flexibility index (Phi) is 4.45. The van der Waals surface area contributed by atoms with E-state index in [1.54, 1.807) is 18.3 Å². The lowest BCUT2D eigenvalue weighted by molar-refractivity contribution is 0.397. The maximum Gasteiger partial charge on any atom is 0.232 e. The van der Waals surface area contributed by atoms with Crippen LogP contribution in [0.2, 0.25) is 5.02 Å². The van der Waals surface area contributed by atoms with E-state index in [0.29, 0.717) is 22.0 Å². The Labute approximate surface area is 145 Å². The summed E-state index contributed by atoms with van der Waals surface area (Å²) in [5, 5.41) is 10.0. The molecular weight excluding hydrogens is 322 g/mol. The number of pyridine rings is 2. The predicted molar refractivity (Wildman–Crippen MR) is 93.9 cm³/mol. The minimum Gasteiger partial charge on any atom is -0.480 e. The molecule has 3 rings (SSSR count). The molecule has 2 heterocycles. The number of aryl methyl sites for hydroxylation is 1. The number of aromatic nitrogens is 2. The zero-order valence-corrected chi connectivity index (χ0v) is 14.0. The molecule has 24 heavy (non-hydrogen) atoms. The first-order valence-electron chi connectivity index (χ1n) is 7.31. The average Bonchev–Trinajstić information content (AvgIpc) is 2.61. The molecule has 0 spiro atoms. The molecule has 0 fully saturated rings. The number of rotatable bonds is 3. The van der Waals surface area contributed by atoms with Crippen molar-refractivity contribution in [3.05, 3.63) is 64.8 Å². The fourth-order valence-electron chi connectivity index (χ4n) is 2.43. The van der Waals surface area contributed by atoms with Crippen molar-refractivity contribution in [2.45, 2.75) is 6.92 Å². The van der Waals surface area contributed by atoms with Crippen LogP contribution in [-0.4, -0.2) is 17.1 Å². The molecule has 0 aliphatic carbocycles. The highest BCUT2D eigenvalue weighted by molar-refractivity contribution is 6.32. The van der Waals surface area contributed by atoms with Crippen molar-refractivity contribution in [3.8, 4) is 34.5 Å². The lowest BCUT2D eigenvalue weighted by Crippen LogP contribution is -1.99. The van der Waals surface area contributed by atoms with E-state index in [4.69, 9.17) is 16.3 Å². The second-order valence-corrected chi connectivity index (χ2v) is 5.66. The summed E-state index contributed by atoms with van der Waals surface area (Å²) >= 11 is 6.24. The number of halogens is 1. The van der Waals surface area contributed by atoms with Crippen LogP contribution in [0.3, 0.4) is 0 Å². The summed E-state index contributed by atoms with van der Waals surface area (Å²) in [7, 11) is 1.49. The second kappa shape index (κ2) is 6.69. The molecule has 3 aromatic rings. The molecule has 0 aliphatic rings. The van der Waals surface area contributed by atoms with Crippen molar-refractivity contribution in [3.63, 3.8) is 0 Å². The van der Waals surface area contributed by atoms with Crippen LogP contribution in [0.15, 0.2) is 48.7 Å². The van der Waals surface area contributed by atoms with Crippen LogP contribution in [0.5, 0.6) is 5.88 Å². The van der Waals surface area contributed by atoms with Gasteiger partial charge in [-0.2, -0.15) is 5.26 Å². The van der Waals surface area contributed by atoms with Crippen LogP contribution in [0, 0.1) is 18.3 Å². The number of hydrogen-bond donors (Lipinski definition) is 0. The van der Waals surface area contributed by atoms with Gasteiger partial charge in [-0.05, 0) is 30.7 Å². The number of methoxy groups -OCH3 is 1. The molecule has 0 unspecified atom stereocenters. The molecule has 0 radical (unpaired) electrons. The Bertz CT molecular complexity index is 930. The smallest absolute Gasteiger partial charge is 0.232 e. The molecule has 0 bridgehead atoms. The third-order valence-corrected chi connectivity index (χ3v) is 3.96. The molecule has 5 heteroatoms. The number of benzene rings is 1. The Hall–Kier alpha value is -2.90. The van der Waals surface area contributed by atoms with Gasteiger partial charge in [-0.15, -0.1) is 0 Å². The summed E-state index contributed by atoms with van der Waals surface area (Å²) in [5.74, 6) is 0.257. The van der Waals surface area contributed by atoms with Crippen molar-refractivity contribution in [1.29, 1.82) is 5.26 Å². The van der Waals surface area contributed by atoms with Crippen LogP contribution >= 0.6 is 11.6 Å². The second-order valence-electron chi connectivity index (χ2n) is 5.25. The number of ether oxygens (including phenoxy) is 1. The van der Waals surface area contributed by atoms with Gasteiger partial charge in [0.1, 0.15) is 17.3 Å². The van der Waals surface area contributed by atoms with Crippen LogP contribution in [-0.2, 0) is 0 Å². The summed E-state index contributed by atoms with van der Waals surface area (Å²) in [5.41, 5.74) is 4.29. The third-order valence-electron chi connectivity index (χ3n) is 3.66. The van der Waals surface area contributed by atoms with Gasteiger partial charge in [0.15, 0.2) is 0 Å². The number of nitriles is 1. The molecule has 1 aromatic carbocycles. The van der Waals surface area contributed by atoms with E-state index in [1.165, 1.54) is 7.11 Å². The van der Waals surface area contributed by atoms with E-state index in [0.717, 1.165) is 16.7 Å². The monoisotopic (exact) mass is 335 g/mol. The Morgan fingerprint density at radius 2 is 1.92 bits per heavy atom. The standard InChI is InChI=1S/C19H14ClN3O/c1-12-5-7-13(8-6-12)14-10-17(18-16(20)4-3-9-22-18)23-19(24-2)15(14)11-21/h3-10H,1-2H3. The first kappa shape index (κ1) is 16.0. The molecular formula is C19H14ClN3O. The van der Waals surface area contributed by atoms with Crippen molar-refractivity contribution < 1.29 is 4.74 Å². The zero-order chi connectivity index (χ0) is 17.1. The van der Waals surface area contributed by atoms with Gasteiger partial charge in [0.2, 0.25) is 5.88 Å². The topological polar surface area (TPSA) is 58.8 Å². The molecule has 4 nitrogen and oxygen atoms in total. The third kappa shape index (κ3) is 2.94. The van der Waals surface area contributed by atoms with Crippen LogP contribution in [0.25, 0.3) is 22.5 Å². The van der Waals surface area contributed by atoms with E-state index in [1.807, 2.05) is 37.3 Å². The van der Waals surface area contributed by atoms with E-state index < -0.39 is 0 Å². The Balaban J connectivity index is 2.28. The molecule has 2 aromatic heterocycles. The van der Waals surface area contributed by atoms with Crippen molar-refractivity contribution in [1.82, 2.24) is 9.97 Å². The average molecular weight is 336 g/mol. The predicted octanol–water partition coefficient (Wildman–Crippen LogP) is 4.65. The molecule has 0 amide bonds. The first-order valence-corrected chi connectivity index (χ1v) is 7.69. The van der Waals surface area contributed by atoms with Crippen molar-refractivity contribution in [2.75, 3.05) is 7.11 Å². The van der Waals surface area contributed by atoms with Gasteiger partial charge >= 0.3 is 0 Å². The molecule has 0 saturated heterocycles. The summed E-state index contributed by atoms with van der Waals surface area (Å²) in [4.78, 5) is 8.70. The lowest BCUT2D eigenvalue weighted by Gasteiger charge is -2.12. The summed E-state index contributed by atoms with van der Waals surface area (Å²) in [6.07, 6.45) is 1.65. The Morgan fingerprint density at radius 1 is 1.17 bits per heavy atom. The van der Waals surface area contributed by atoms with Crippen LogP contribution < -0.4 is 4.74 Å².